The molecule has 0 atom stereocenters. The summed E-state index contributed by atoms with van der Waals surface area (Å²) in [7, 11) is 0. The molecule has 0 saturated heterocycles. The monoisotopic (exact) mass is 120 g/mol. The van der Waals surface area contributed by atoms with E-state index in [2.05, 4.69) is 5.73 Å². The molecule has 0 radical (unpaired) electrons. The van der Waals surface area contributed by atoms with Gasteiger partial charge in [0.05, 0.1) is 0 Å². The molecule has 0 aliphatic heterocycles. The van der Waals surface area contributed by atoms with Gasteiger partial charge in [-0.1, -0.05) is 0 Å². The van der Waals surface area contributed by atoms with Crippen LogP contribution in [0.2, 0.25) is 0 Å². The van der Waals surface area contributed by atoms with Gasteiger partial charge in [-0.3, -0.25) is 5.41 Å². The third kappa shape index (κ3) is 1.31. The first-order valence-corrected chi connectivity index (χ1v) is 2.75. The Kier molecular flexibility index (Phi) is 1.52. The molecule has 0 unspecified atom stereocenters. The summed E-state index contributed by atoms with van der Waals surface area (Å²) in [6.45, 7) is 0. The Bertz CT molecular complexity index is 217. The van der Waals surface area contributed by atoms with Crippen molar-refractivity contribution >= 4 is 5.84 Å². The predicted octanol–water partition coefficient (Wildman–Crippen LogP) is 0.964. The molecule has 0 fully saturated rings. The maximum absolute atomic E-state index is 7.03. The molecule has 1 rings (SSSR count). The van der Waals surface area contributed by atoms with Crippen molar-refractivity contribution in [1.82, 2.24) is 0 Å². The summed E-state index contributed by atoms with van der Waals surface area (Å²) in [5.41, 5.74) is 8.97. The number of nitrogens with two attached hydrogens (primary N) is 1. The number of amidine groups is 1. The minimum Gasteiger partial charge on any atom is -0.384 e. The van der Waals surface area contributed by atoms with Gasteiger partial charge in [-0.15, -0.1) is 5.73 Å². The molecule has 0 spiro atoms. The highest BCUT2D eigenvalue weighted by Crippen LogP contribution is 2.04. The van der Waals surface area contributed by atoms with Crippen LogP contribution < -0.4 is 5.73 Å². The Morgan fingerprint density at radius 3 is 2.89 bits per heavy atom. The van der Waals surface area contributed by atoms with Crippen LogP contribution >= 0.6 is 0 Å². The van der Waals surface area contributed by atoms with Crippen molar-refractivity contribution in [3.63, 3.8) is 0 Å². The van der Waals surface area contributed by atoms with E-state index in [0.29, 0.717) is 0 Å². The van der Waals surface area contributed by atoms with E-state index in [4.69, 9.17) is 11.1 Å². The normalized spacial score (nSPS) is 15.3. The Morgan fingerprint density at radius 2 is 2.56 bits per heavy atom. The van der Waals surface area contributed by atoms with Gasteiger partial charge >= 0.3 is 0 Å². The van der Waals surface area contributed by atoms with Crippen LogP contribution in [0.5, 0.6) is 0 Å². The lowest BCUT2D eigenvalue weighted by atomic mass is 10.1. The van der Waals surface area contributed by atoms with E-state index in [-0.39, 0.29) is 5.84 Å². The number of nitrogens with one attached hydrogen (secondary N) is 1. The number of hydrogen-bond donors (Lipinski definition) is 2. The molecule has 2 heteroatoms. The summed E-state index contributed by atoms with van der Waals surface area (Å²) in [6, 6.07) is 0. The Morgan fingerprint density at radius 1 is 1.78 bits per heavy atom. The molecule has 0 aromatic rings. The summed E-state index contributed by atoms with van der Waals surface area (Å²) < 4.78 is 0. The quantitative estimate of drug-likeness (QED) is 0.302. The van der Waals surface area contributed by atoms with Crippen molar-refractivity contribution in [3.8, 4) is 0 Å². The maximum Gasteiger partial charge on any atom is 0.118 e. The van der Waals surface area contributed by atoms with Crippen molar-refractivity contribution in [2.24, 2.45) is 5.73 Å². The summed E-state index contributed by atoms with van der Waals surface area (Å²) in [4.78, 5) is 0. The highest BCUT2D eigenvalue weighted by Gasteiger charge is 1.97. The lowest BCUT2D eigenvalue weighted by Gasteiger charge is -2.00. The van der Waals surface area contributed by atoms with E-state index in [1.54, 1.807) is 6.08 Å². The van der Waals surface area contributed by atoms with Gasteiger partial charge in [0, 0.05) is 6.42 Å². The highest BCUT2D eigenvalue weighted by atomic mass is 14.7. The van der Waals surface area contributed by atoms with Gasteiger partial charge in [-0.2, -0.15) is 0 Å². The second-order valence-electron chi connectivity index (χ2n) is 1.85. The zero-order valence-corrected chi connectivity index (χ0v) is 5.02. The van der Waals surface area contributed by atoms with Crippen molar-refractivity contribution in [1.29, 1.82) is 5.41 Å². The second kappa shape index (κ2) is 2.33. The molecule has 0 aromatic heterocycles. The van der Waals surface area contributed by atoms with Crippen LogP contribution in [0.25, 0.3) is 0 Å². The number of hydrogen-bond acceptors (Lipinski definition) is 1. The first-order valence-electron chi connectivity index (χ1n) is 2.75. The zero-order valence-electron chi connectivity index (χ0n) is 5.02. The van der Waals surface area contributed by atoms with Crippen molar-refractivity contribution in [3.05, 3.63) is 29.5 Å². The van der Waals surface area contributed by atoms with Crippen LogP contribution in [0.3, 0.4) is 0 Å². The van der Waals surface area contributed by atoms with E-state index in [0.717, 1.165) is 12.0 Å². The number of rotatable bonds is 1. The molecule has 3 N–H and O–H groups in total. The largest absolute Gasteiger partial charge is 0.384 e. The maximum atomic E-state index is 7.03. The van der Waals surface area contributed by atoms with Gasteiger partial charge in [-0.05, 0) is 23.8 Å². The third-order valence-electron chi connectivity index (χ3n) is 1.17. The number of allylic oxidation sites excluding steroid dienone is 2. The fraction of sp³-hybridized carbons (Fsp3) is 0.143. The van der Waals surface area contributed by atoms with Gasteiger partial charge in [0.25, 0.3) is 0 Å². The van der Waals surface area contributed by atoms with E-state index in [1.807, 2.05) is 12.2 Å². The first kappa shape index (κ1) is 5.86. The zero-order chi connectivity index (χ0) is 6.69. The summed E-state index contributed by atoms with van der Waals surface area (Å²) in [5, 5.41) is 7.03. The van der Waals surface area contributed by atoms with Crippen molar-refractivity contribution < 1.29 is 0 Å². The minimum atomic E-state index is 0.156. The average Bonchev–Trinajstić information content (AvgIpc) is 1.90. The molecule has 0 saturated carbocycles. The first-order chi connectivity index (χ1) is 4.30. The van der Waals surface area contributed by atoms with Crippen LogP contribution in [-0.2, 0) is 0 Å². The molecule has 0 aromatic carbocycles. The van der Waals surface area contributed by atoms with E-state index in [9.17, 15) is 0 Å². The average molecular weight is 120 g/mol. The van der Waals surface area contributed by atoms with Crippen molar-refractivity contribution in [2.45, 2.75) is 6.42 Å². The highest BCUT2D eigenvalue weighted by molar-refractivity contribution is 5.95. The summed E-state index contributed by atoms with van der Waals surface area (Å²) in [5.74, 6) is 0.156. The van der Waals surface area contributed by atoms with Gasteiger partial charge < -0.3 is 5.73 Å². The van der Waals surface area contributed by atoms with Gasteiger partial charge in [0.15, 0.2) is 0 Å². The van der Waals surface area contributed by atoms with Crippen LogP contribution in [-0.4, -0.2) is 5.84 Å². The van der Waals surface area contributed by atoms with Crippen LogP contribution in [0, 0.1) is 5.41 Å². The van der Waals surface area contributed by atoms with E-state index < -0.39 is 0 Å². The summed E-state index contributed by atoms with van der Waals surface area (Å²) in [6.07, 6.45) is 6.17. The lowest BCUT2D eigenvalue weighted by Crippen LogP contribution is -2.12. The molecular weight excluding hydrogens is 112 g/mol. The molecular formula is C7H8N2. The molecule has 0 heterocycles. The van der Waals surface area contributed by atoms with Crippen LogP contribution in [0.15, 0.2) is 29.5 Å². The Labute approximate surface area is 53.9 Å². The van der Waals surface area contributed by atoms with Crippen LogP contribution in [0.4, 0.5) is 0 Å². The van der Waals surface area contributed by atoms with Gasteiger partial charge in [0.1, 0.15) is 5.84 Å². The Hall–Kier alpha value is -1.27. The van der Waals surface area contributed by atoms with Gasteiger partial charge in [-0.25, -0.2) is 0 Å². The SMILES string of the molecule is N=C(N)C1=CC=C=CC1. The lowest BCUT2D eigenvalue weighted by molar-refractivity contribution is 1.26. The molecule has 0 bridgehead atoms. The van der Waals surface area contributed by atoms with Crippen molar-refractivity contribution in [2.75, 3.05) is 0 Å². The third-order valence-corrected chi connectivity index (χ3v) is 1.17. The molecule has 0 amide bonds. The second-order valence-corrected chi connectivity index (χ2v) is 1.85. The van der Waals surface area contributed by atoms with E-state index >= 15 is 0 Å². The fourth-order valence-electron chi connectivity index (χ4n) is 0.653. The van der Waals surface area contributed by atoms with Crippen LogP contribution in [0.1, 0.15) is 6.42 Å². The predicted molar refractivity (Wildman–Crippen MR) is 37.3 cm³/mol. The minimum absolute atomic E-state index is 0.156. The summed E-state index contributed by atoms with van der Waals surface area (Å²) >= 11 is 0. The molecule has 46 valence electrons. The molecule has 1 aliphatic rings. The van der Waals surface area contributed by atoms with E-state index in [1.165, 1.54) is 0 Å². The molecule has 9 heavy (non-hydrogen) atoms. The smallest absolute Gasteiger partial charge is 0.118 e. The topological polar surface area (TPSA) is 49.9 Å². The standard InChI is InChI=1S/C7H8N2/c8-7(9)6-4-2-1-3-5-6/h2-4H,5H2,(H3,8,9). The Balaban J connectivity index is 2.78. The molecule has 2 nitrogen and oxygen atoms in total. The van der Waals surface area contributed by atoms with Gasteiger partial charge in [0.2, 0.25) is 0 Å². The molecule has 1 aliphatic carbocycles. The fourth-order valence-corrected chi connectivity index (χ4v) is 0.653.